The highest BCUT2D eigenvalue weighted by Crippen LogP contribution is 2.32. The van der Waals surface area contributed by atoms with Crippen LogP contribution in [0.1, 0.15) is 0 Å². The fourth-order valence-electron chi connectivity index (χ4n) is 1.06. The van der Waals surface area contributed by atoms with Crippen LogP contribution >= 0.6 is 47.0 Å². The molecule has 0 aliphatic heterocycles. The van der Waals surface area contributed by atoms with Crippen molar-refractivity contribution >= 4 is 47.0 Å². The number of aromatic amines is 1. The van der Waals surface area contributed by atoms with Crippen molar-refractivity contribution in [2.45, 2.75) is 0 Å². The highest BCUT2D eigenvalue weighted by atomic mass is 35.5. The van der Waals surface area contributed by atoms with Crippen molar-refractivity contribution in [3.05, 3.63) is 32.2 Å². The highest BCUT2D eigenvalue weighted by Gasteiger charge is 2.10. The van der Waals surface area contributed by atoms with Crippen LogP contribution in [0.25, 0.3) is 11.4 Å². The predicted molar refractivity (Wildman–Crippen MR) is 62.8 cm³/mol. The Bertz CT molecular complexity index is 498. The number of nitrogens with zero attached hydrogens (tertiary/aromatic N) is 1. The molecule has 1 aromatic carbocycles. The maximum absolute atomic E-state index is 6.00. The van der Waals surface area contributed by atoms with Gasteiger partial charge in [0.1, 0.15) is 0 Å². The summed E-state index contributed by atoms with van der Waals surface area (Å²) in [7, 11) is 0. The van der Waals surface area contributed by atoms with E-state index >= 15 is 0 Å². The van der Waals surface area contributed by atoms with Crippen LogP contribution in [0.5, 0.6) is 0 Å². The lowest BCUT2D eigenvalue weighted by atomic mass is 10.2. The Hall–Kier alpha value is -0.420. The second-order valence-electron chi connectivity index (χ2n) is 2.53. The SMILES string of the molecule is S=c1nc(-c2c(Cl)cccc2Cl)[nH]s1. The van der Waals surface area contributed by atoms with E-state index in [9.17, 15) is 0 Å². The van der Waals surface area contributed by atoms with Gasteiger partial charge in [-0.3, -0.25) is 4.37 Å². The maximum Gasteiger partial charge on any atom is 0.198 e. The van der Waals surface area contributed by atoms with Crippen LogP contribution < -0.4 is 0 Å². The molecule has 0 aliphatic carbocycles. The maximum atomic E-state index is 6.00. The number of H-pyrrole nitrogens is 1. The minimum Gasteiger partial charge on any atom is -0.292 e. The van der Waals surface area contributed by atoms with E-state index in [0.29, 0.717) is 25.4 Å². The largest absolute Gasteiger partial charge is 0.292 e. The molecule has 2 rings (SSSR count). The summed E-state index contributed by atoms with van der Waals surface area (Å²) in [5, 5.41) is 1.13. The summed E-state index contributed by atoms with van der Waals surface area (Å²) in [6, 6.07) is 5.31. The van der Waals surface area contributed by atoms with Gasteiger partial charge in [0.05, 0.1) is 15.6 Å². The summed E-state index contributed by atoms with van der Waals surface area (Å²) in [5.74, 6) is 0.621. The predicted octanol–water partition coefficient (Wildman–Crippen LogP) is 4.17. The lowest BCUT2D eigenvalue weighted by Gasteiger charge is -2.01. The highest BCUT2D eigenvalue weighted by molar-refractivity contribution is 7.73. The normalized spacial score (nSPS) is 10.4. The van der Waals surface area contributed by atoms with Crippen molar-refractivity contribution < 1.29 is 0 Å². The Kier molecular flexibility index (Phi) is 2.88. The molecule has 0 unspecified atom stereocenters. The van der Waals surface area contributed by atoms with Gasteiger partial charge in [-0.15, -0.1) is 0 Å². The minimum absolute atomic E-state index is 0.538. The van der Waals surface area contributed by atoms with E-state index in [1.165, 1.54) is 11.5 Å². The van der Waals surface area contributed by atoms with E-state index < -0.39 is 0 Å². The quantitative estimate of drug-likeness (QED) is 0.782. The van der Waals surface area contributed by atoms with Gasteiger partial charge in [-0.05, 0) is 35.9 Å². The zero-order valence-corrected chi connectivity index (χ0v) is 9.90. The van der Waals surface area contributed by atoms with Crippen molar-refractivity contribution in [3.8, 4) is 11.4 Å². The van der Waals surface area contributed by atoms with Gasteiger partial charge < -0.3 is 0 Å². The van der Waals surface area contributed by atoms with Crippen molar-refractivity contribution in [1.29, 1.82) is 0 Å². The molecule has 0 bridgehead atoms. The lowest BCUT2D eigenvalue weighted by molar-refractivity contribution is 1.31. The molecular formula is C8H4Cl2N2S2. The number of halogens is 2. The van der Waals surface area contributed by atoms with E-state index in [1.807, 2.05) is 0 Å². The zero-order chi connectivity index (χ0) is 10.1. The monoisotopic (exact) mass is 262 g/mol. The van der Waals surface area contributed by atoms with Gasteiger partial charge in [-0.25, -0.2) is 4.98 Å². The van der Waals surface area contributed by atoms with E-state index in [2.05, 4.69) is 9.36 Å². The van der Waals surface area contributed by atoms with Crippen LogP contribution in [0.3, 0.4) is 0 Å². The van der Waals surface area contributed by atoms with E-state index in [0.717, 1.165) is 0 Å². The smallest absolute Gasteiger partial charge is 0.198 e. The first-order valence-electron chi connectivity index (χ1n) is 3.68. The third-order valence-electron chi connectivity index (χ3n) is 1.64. The van der Waals surface area contributed by atoms with Gasteiger partial charge in [0, 0.05) is 0 Å². The molecule has 0 spiro atoms. The first-order chi connectivity index (χ1) is 6.68. The van der Waals surface area contributed by atoms with Gasteiger partial charge >= 0.3 is 0 Å². The molecule has 0 saturated carbocycles. The zero-order valence-electron chi connectivity index (χ0n) is 6.75. The van der Waals surface area contributed by atoms with Crippen LogP contribution in [-0.2, 0) is 0 Å². The van der Waals surface area contributed by atoms with Crippen molar-refractivity contribution in [1.82, 2.24) is 9.36 Å². The van der Waals surface area contributed by atoms with Crippen LogP contribution in [0, 0.1) is 3.95 Å². The molecule has 72 valence electrons. The number of hydrogen-bond donors (Lipinski definition) is 1. The molecule has 0 radical (unpaired) electrons. The molecule has 2 aromatic rings. The average molecular weight is 263 g/mol. The van der Waals surface area contributed by atoms with Crippen molar-refractivity contribution in [3.63, 3.8) is 0 Å². The van der Waals surface area contributed by atoms with Gasteiger partial charge in [0.25, 0.3) is 0 Å². The van der Waals surface area contributed by atoms with Gasteiger partial charge in [0.2, 0.25) is 0 Å². The average Bonchev–Trinajstić information content (AvgIpc) is 2.51. The number of hydrogen-bond acceptors (Lipinski definition) is 3. The third kappa shape index (κ3) is 1.83. The molecule has 0 amide bonds. The molecule has 1 heterocycles. The summed E-state index contributed by atoms with van der Waals surface area (Å²) >= 11 is 18.2. The summed E-state index contributed by atoms with van der Waals surface area (Å²) < 4.78 is 3.50. The van der Waals surface area contributed by atoms with E-state index in [-0.39, 0.29) is 0 Å². The second-order valence-corrected chi connectivity index (χ2v) is 4.78. The van der Waals surface area contributed by atoms with Crippen LogP contribution in [0.4, 0.5) is 0 Å². The fourth-order valence-corrected chi connectivity index (χ4v) is 2.32. The Balaban J connectivity index is 2.67. The van der Waals surface area contributed by atoms with E-state index in [4.69, 9.17) is 35.4 Å². The molecule has 14 heavy (non-hydrogen) atoms. The Morgan fingerprint density at radius 3 is 2.43 bits per heavy atom. The summed E-state index contributed by atoms with van der Waals surface area (Å²) in [4.78, 5) is 4.11. The Morgan fingerprint density at radius 2 is 1.93 bits per heavy atom. The number of aromatic nitrogens is 2. The molecule has 0 fully saturated rings. The van der Waals surface area contributed by atoms with Gasteiger partial charge in [-0.1, -0.05) is 29.3 Å². The second kappa shape index (κ2) is 3.98. The first kappa shape index (κ1) is 10.1. The molecule has 1 N–H and O–H groups in total. The first-order valence-corrected chi connectivity index (χ1v) is 5.66. The molecular weight excluding hydrogens is 259 g/mol. The van der Waals surface area contributed by atoms with Crippen LogP contribution in [-0.4, -0.2) is 9.36 Å². The van der Waals surface area contributed by atoms with Gasteiger partial charge in [0.15, 0.2) is 9.78 Å². The third-order valence-corrected chi connectivity index (χ3v) is 3.17. The Morgan fingerprint density at radius 1 is 1.29 bits per heavy atom. The fraction of sp³-hybridized carbons (Fsp3) is 0. The molecule has 6 heteroatoms. The van der Waals surface area contributed by atoms with Crippen LogP contribution in [0.2, 0.25) is 10.0 Å². The number of benzene rings is 1. The summed E-state index contributed by atoms with van der Waals surface area (Å²) in [6.07, 6.45) is 0. The molecule has 2 nitrogen and oxygen atoms in total. The van der Waals surface area contributed by atoms with Crippen LogP contribution in [0.15, 0.2) is 18.2 Å². The van der Waals surface area contributed by atoms with Gasteiger partial charge in [-0.2, -0.15) is 0 Å². The standard InChI is InChI=1S/C8H4Cl2N2S2/c9-4-2-1-3-5(10)6(4)7-11-8(13)14-12-7/h1-3H,(H,11,12,13). The van der Waals surface area contributed by atoms with Crippen molar-refractivity contribution in [2.75, 3.05) is 0 Å². The minimum atomic E-state index is 0.538. The molecule has 0 atom stereocenters. The summed E-state index contributed by atoms with van der Waals surface area (Å²) in [5.41, 5.74) is 0.697. The number of nitrogens with one attached hydrogen (secondary N) is 1. The lowest BCUT2D eigenvalue weighted by Crippen LogP contribution is -1.83. The summed E-state index contributed by atoms with van der Waals surface area (Å²) in [6.45, 7) is 0. The molecule has 0 saturated heterocycles. The topological polar surface area (TPSA) is 28.7 Å². The Labute approximate surface area is 99.7 Å². The molecule has 0 aliphatic rings. The number of rotatable bonds is 1. The van der Waals surface area contributed by atoms with Crippen molar-refractivity contribution in [2.24, 2.45) is 0 Å². The van der Waals surface area contributed by atoms with E-state index in [1.54, 1.807) is 18.2 Å². The molecule has 1 aromatic heterocycles.